The molecule has 120 valence electrons. The molecule has 0 fully saturated rings. The van der Waals surface area contributed by atoms with Crippen LogP contribution in [-0.4, -0.2) is 20.1 Å². The van der Waals surface area contributed by atoms with Crippen LogP contribution in [0.4, 0.5) is 0 Å². The Morgan fingerprint density at radius 2 is 1.82 bits per heavy atom. The van der Waals surface area contributed by atoms with Gasteiger partial charge in [-0.25, -0.2) is 13.1 Å². The van der Waals surface area contributed by atoms with E-state index in [0.29, 0.717) is 5.56 Å². The van der Waals surface area contributed by atoms with E-state index in [1.54, 1.807) is 26.0 Å². The van der Waals surface area contributed by atoms with Crippen LogP contribution in [0.2, 0.25) is 0 Å². The van der Waals surface area contributed by atoms with Gasteiger partial charge < -0.3 is 5.11 Å². The number of hydrogen-bond acceptors (Lipinski definition) is 4. The molecule has 0 saturated carbocycles. The van der Waals surface area contributed by atoms with Gasteiger partial charge in [0.15, 0.2) is 0 Å². The molecule has 22 heavy (non-hydrogen) atoms. The van der Waals surface area contributed by atoms with E-state index in [-0.39, 0.29) is 11.4 Å². The maximum Gasteiger partial charge on any atom is 0.240 e. The van der Waals surface area contributed by atoms with Gasteiger partial charge in [0, 0.05) is 11.4 Å². The summed E-state index contributed by atoms with van der Waals surface area (Å²) in [6.07, 6.45) is 0. The molecule has 1 aromatic carbocycles. The topological polar surface area (TPSA) is 66.4 Å². The molecule has 1 heterocycles. The average molecular weight is 339 g/mol. The number of aryl methyl sites for hydroxylation is 3. The lowest BCUT2D eigenvalue weighted by Crippen LogP contribution is -2.38. The molecule has 0 aliphatic heterocycles. The van der Waals surface area contributed by atoms with Crippen LogP contribution >= 0.6 is 11.3 Å². The molecule has 0 aliphatic rings. The van der Waals surface area contributed by atoms with Gasteiger partial charge in [-0.05, 0) is 61.9 Å². The Morgan fingerprint density at radius 1 is 1.18 bits per heavy atom. The second-order valence-electron chi connectivity index (χ2n) is 5.78. The van der Waals surface area contributed by atoms with Crippen molar-refractivity contribution in [3.63, 3.8) is 0 Å². The van der Waals surface area contributed by atoms with Crippen LogP contribution in [0.3, 0.4) is 0 Å². The Kier molecular flexibility index (Phi) is 4.77. The highest BCUT2D eigenvalue weighted by atomic mass is 32.2. The van der Waals surface area contributed by atoms with Crippen LogP contribution in [0.1, 0.15) is 28.5 Å². The molecule has 0 radical (unpaired) electrons. The Balaban J connectivity index is 2.24. The summed E-state index contributed by atoms with van der Waals surface area (Å²) >= 11 is 1.40. The molecule has 0 saturated heterocycles. The standard InChI is InChI=1S/C16H21NO3S2/c1-11-8-13(3)14(9-12(11)2)22(19,20)17-10-16(4,18)15-6-5-7-21-15/h5-9,17-18H,10H2,1-4H3/t16-/m1/s1. The molecule has 0 aliphatic carbocycles. The third-order valence-corrected chi connectivity index (χ3v) is 6.41. The highest BCUT2D eigenvalue weighted by Crippen LogP contribution is 2.26. The van der Waals surface area contributed by atoms with Crippen molar-refractivity contribution in [3.05, 3.63) is 51.2 Å². The number of thiophene rings is 1. The minimum atomic E-state index is -3.66. The van der Waals surface area contributed by atoms with E-state index in [4.69, 9.17) is 0 Å². The Bertz CT molecular complexity index is 763. The lowest BCUT2D eigenvalue weighted by atomic mass is 10.1. The molecule has 0 unspecified atom stereocenters. The molecule has 0 spiro atoms. The largest absolute Gasteiger partial charge is 0.383 e. The molecule has 0 amide bonds. The normalized spacial score (nSPS) is 14.8. The zero-order valence-corrected chi connectivity index (χ0v) is 14.8. The van der Waals surface area contributed by atoms with Crippen LogP contribution in [0, 0.1) is 20.8 Å². The van der Waals surface area contributed by atoms with Gasteiger partial charge in [-0.1, -0.05) is 12.1 Å². The first kappa shape index (κ1) is 17.1. The van der Waals surface area contributed by atoms with Crippen molar-refractivity contribution in [2.45, 2.75) is 38.2 Å². The lowest BCUT2D eigenvalue weighted by molar-refractivity contribution is 0.0666. The average Bonchev–Trinajstić information content (AvgIpc) is 2.95. The van der Waals surface area contributed by atoms with Gasteiger partial charge in [0.1, 0.15) is 5.60 Å². The Morgan fingerprint density at radius 3 is 2.41 bits per heavy atom. The van der Waals surface area contributed by atoms with Crippen LogP contribution in [-0.2, 0) is 15.6 Å². The maximum atomic E-state index is 12.5. The van der Waals surface area contributed by atoms with Crippen molar-refractivity contribution in [3.8, 4) is 0 Å². The van der Waals surface area contributed by atoms with Crippen LogP contribution in [0.5, 0.6) is 0 Å². The fraction of sp³-hybridized carbons (Fsp3) is 0.375. The van der Waals surface area contributed by atoms with E-state index in [9.17, 15) is 13.5 Å². The summed E-state index contributed by atoms with van der Waals surface area (Å²) in [5, 5.41) is 12.3. The zero-order valence-electron chi connectivity index (χ0n) is 13.2. The number of rotatable bonds is 5. The first-order chi connectivity index (χ1) is 10.1. The summed E-state index contributed by atoms with van der Waals surface area (Å²) in [6.45, 7) is 7.15. The fourth-order valence-corrected chi connectivity index (χ4v) is 4.44. The fourth-order valence-electron chi connectivity index (χ4n) is 2.21. The Labute approximate surface area is 135 Å². The van der Waals surface area contributed by atoms with Gasteiger partial charge in [-0.2, -0.15) is 0 Å². The SMILES string of the molecule is Cc1cc(C)c(S(=O)(=O)NC[C@@](C)(O)c2cccs2)cc1C. The van der Waals surface area contributed by atoms with Gasteiger partial charge in [0.2, 0.25) is 10.0 Å². The van der Waals surface area contributed by atoms with Crippen molar-refractivity contribution in [2.75, 3.05) is 6.54 Å². The third kappa shape index (κ3) is 3.57. The number of benzene rings is 1. The van der Waals surface area contributed by atoms with Crippen molar-refractivity contribution in [2.24, 2.45) is 0 Å². The number of hydrogen-bond donors (Lipinski definition) is 2. The number of aliphatic hydroxyl groups is 1. The highest BCUT2D eigenvalue weighted by molar-refractivity contribution is 7.89. The summed E-state index contributed by atoms with van der Waals surface area (Å²) in [5.41, 5.74) is 1.46. The molecule has 2 aromatic rings. The second-order valence-corrected chi connectivity index (χ2v) is 8.46. The first-order valence-electron chi connectivity index (χ1n) is 6.97. The zero-order chi connectivity index (χ0) is 16.5. The summed E-state index contributed by atoms with van der Waals surface area (Å²) in [4.78, 5) is 0.990. The second kappa shape index (κ2) is 6.12. The molecule has 1 atom stereocenters. The highest BCUT2D eigenvalue weighted by Gasteiger charge is 2.27. The van der Waals surface area contributed by atoms with Crippen molar-refractivity contribution < 1.29 is 13.5 Å². The molecule has 2 rings (SSSR count). The van der Waals surface area contributed by atoms with E-state index >= 15 is 0 Å². The van der Waals surface area contributed by atoms with Crippen molar-refractivity contribution >= 4 is 21.4 Å². The van der Waals surface area contributed by atoms with Gasteiger partial charge >= 0.3 is 0 Å². The van der Waals surface area contributed by atoms with Gasteiger partial charge in [-0.3, -0.25) is 0 Å². The minimum Gasteiger partial charge on any atom is -0.383 e. The van der Waals surface area contributed by atoms with Crippen molar-refractivity contribution in [1.29, 1.82) is 0 Å². The summed E-state index contributed by atoms with van der Waals surface area (Å²) in [7, 11) is -3.66. The molecule has 4 nitrogen and oxygen atoms in total. The third-order valence-electron chi connectivity index (χ3n) is 3.74. The number of sulfonamides is 1. The monoisotopic (exact) mass is 339 g/mol. The van der Waals surface area contributed by atoms with Gasteiger partial charge in [0.05, 0.1) is 4.90 Å². The molecular weight excluding hydrogens is 318 g/mol. The van der Waals surface area contributed by atoms with E-state index in [0.717, 1.165) is 16.0 Å². The molecule has 1 aromatic heterocycles. The van der Waals surface area contributed by atoms with E-state index in [1.165, 1.54) is 11.3 Å². The molecule has 2 N–H and O–H groups in total. The van der Waals surface area contributed by atoms with Gasteiger partial charge in [-0.15, -0.1) is 11.3 Å². The first-order valence-corrected chi connectivity index (χ1v) is 9.33. The predicted molar refractivity (Wildman–Crippen MR) is 89.7 cm³/mol. The molecule has 0 bridgehead atoms. The van der Waals surface area contributed by atoms with E-state index in [1.807, 2.05) is 31.4 Å². The Hall–Kier alpha value is -1.21. The lowest BCUT2D eigenvalue weighted by Gasteiger charge is -2.22. The van der Waals surface area contributed by atoms with Crippen molar-refractivity contribution in [1.82, 2.24) is 4.72 Å². The van der Waals surface area contributed by atoms with E-state index < -0.39 is 15.6 Å². The van der Waals surface area contributed by atoms with Gasteiger partial charge in [0.25, 0.3) is 0 Å². The van der Waals surface area contributed by atoms with Crippen LogP contribution in [0.15, 0.2) is 34.5 Å². The van der Waals surface area contributed by atoms with Crippen LogP contribution < -0.4 is 4.72 Å². The molecule has 6 heteroatoms. The number of nitrogens with one attached hydrogen (secondary N) is 1. The quantitative estimate of drug-likeness (QED) is 0.880. The predicted octanol–water partition coefficient (Wildman–Crippen LogP) is 2.86. The minimum absolute atomic E-state index is 0.0673. The summed E-state index contributed by atoms with van der Waals surface area (Å²) in [6, 6.07) is 7.16. The molecular formula is C16H21NO3S2. The summed E-state index contributed by atoms with van der Waals surface area (Å²) in [5.74, 6) is 0. The smallest absolute Gasteiger partial charge is 0.240 e. The summed E-state index contributed by atoms with van der Waals surface area (Å²) < 4.78 is 27.5. The maximum absolute atomic E-state index is 12.5. The van der Waals surface area contributed by atoms with E-state index in [2.05, 4.69) is 4.72 Å². The van der Waals surface area contributed by atoms with Crippen LogP contribution in [0.25, 0.3) is 0 Å².